The van der Waals surface area contributed by atoms with Gasteiger partial charge < -0.3 is 9.88 Å². The molecule has 0 bridgehead atoms. The zero-order chi connectivity index (χ0) is 20.6. The van der Waals surface area contributed by atoms with Crippen LogP contribution in [-0.4, -0.2) is 22.0 Å². The van der Waals surface area contributed by atoms with E-state index in [-0.39, 0.29) is 17.4 Å². The minimum atomic E-state index is -0.405. The highest BCUT2D eigenvalue weighted by molar-refractivity contribution is 5.87. The number of unbranched alkanes of at least 4 members (excludes halogenated alkanes) is 1. The average molecular weight is 391 g/mol. The van der Waals surface area contributed by atoms with E-state index in [1.54, 1.807) is 13.1 Å². The van der Waals surface area contributed by atoms with Crippen LogP contribution in [0.15, 0.2) is 76.4 Å². The Morgan fingerprint density at radius 1 is 0.966 bits per heavy atom. The molecule has 0 unspecified atom stereocenters. The van der Waals surface area contributed by atoms with Gasteiger partial charge in [-0.25, -0.2) is 4.79 Å². The van der Waals surface area contributed by atoms with E-state index in [2.05, 4.69) is 10.3 Å². The van der Waals surface area contributed by atoms with Crippen molar-refractivity contribution in [3.8, 4) is 0 Å². The minimum Gasteiger partial charge on any atom is -0.355 e. The predicted molar refractivity (Wildman–Crippen MR) is 113 cm³/mol. The summed E-state index contributed by atoms with van der Waals surface area (Å²) in [4.78, 5) is 38.4. The van der Waals surface area contributed by atoms with Crippen LogP contribution >= 0.6 is 0 Å². The maximum Gasteiger partial charge on any atom is 0.328 e. The zero-order valence-electron chi connectivity index (χ0n) is 16.4. The number of aromatic nitrogens is 2. The van der Waals surface area contributed by atoms with Crippen LogP contribution in [0.4, 0.5) is 0 Å². The average Bonchev–Trinajstić information content (AvgIpc) is 2.73. The van der Waals surface area contributed by atoms with Gasteiger partial charge in [-0.2, -0.15) is 0 Å². The Morgan fingerprint density at radius 2 is 1.55 bits per heavy atom. The van der Waals surface area contributed by atoms with Crippen molar-refractivity contribution in [2.45, 2.75) is 32.2 Å². The molecule has 6 heteroatoms. The van der Waals surface area contributed by atoms with Crippen LogP contribution < -0.4 is 16.6 Å². The van der Waals surface area contributed by atoms with E-state index in [4.69, 9.17) is 0 Å². The molecule has 2 aromatic carbocycles. The lowest BCUT2D eigenvalue weighted by molar-refractivity contribution is -0.121. The van der Waals surface area contributed by atoms with E-state index < -0.39 is 5.69 Å². The van der Waals surface area contributed by atoms with E-state index in [9.17, 15) is 14.4 Å². The van der Waals surface area contributed by atoms with Crippen LogP contribution in [0.3, 0.4) is 0 Å². The highest BCUT2D eigenvalue weighted by atomic mass is 16.2. The molecule has 0 atom stereocenters. The second-order valence-electron chi connectivity index (χ2n) is 7.02. The molecule has 6 nitrogen and oxygen atoms in total. The number of aromatic amines is 1. The first-order valence-corrected chi connectivity index (χ1v) is 9.74. The number of rotatable bonds is 8. The van der Waals surface area contributed by atoms with Gasteiger partial charge in [0.1, 0.15) is 0 Å². The third-order valence-corrected chi connectivity index (χ3v) is 4.84. The van der Waals surface area contributed by atoms with Crippen molar-refractivity contribution in [2.75, 3.05) is 6.54 Å². The summed E-state index contributed by atoms with van der Waals surface area (Å²) in [6, 6.07) is 19.4. The van der Waals surface area contributed by atoms with Crippen LogP contribution in [0.25, 0.3) is 0 Å². The predicted octanol–water partition coefficient (Wildman–Crippen LogP) is 2.57. The molecule has 0 aliphatic carbocycles. The van der Waals surface area contributed by atoms with Crippen LogP contribution in [0, 0.1) is 6.92 Å². The molecule has 3 aromatic rings. The van der Waals surface area contributed by atoms with E-state index >= 15 is 0 Å². The van der Waals surface area contributed by atoms with Crippen LogP contribution in [-0.2, 0) is 11.3 Å². The molecule has 3 rings (SSSR count). The van der Waals surface area contributed by atoms with Crippen molar-refractivity contribution in [3.05, 3.63) is 104 Å². The number of H-pyrrole nitrogens is 1. The topological polar surface area (TPSA) is 84.0 Å². The summed E-state index contributed by atoms with van der Waals surface area (Å²) in [6.45, 7) is 2.68. The summed E-state index contributed by atoms with van der Waals surface area (Å²) >= 11 is 0. The number of hydrogen-bond donors (Lipinski definition) is 2. The van der Waals surface area contributed by atoms with Gasteiger partial charge in [0, 0.05) is 24.8 Å². The number of nitrogens with zero attached hydrogens (tertiary/aromatic N) is 1. The molecule has 29 heavy (non-hydrogen) atoms. The Hall–Kier alpha value is -3.41. The lowest BCUT2D eigenvalue weighted by atomic mass is 9.90. The van der Waals surface area contributed by atoms with E-state index in [0.717, 1.165) is 17.5 Å². The molecule has 0 aliphatic heterocycles. The highest BCUT2D eigenvalue weighted by Crippen LogP contribution is 2.24. The molecular formula is C23H25N3O3. The van der Waals surface area contributed by atoms with Crippen molar-refractivity contribution in [3.63, 3.8) is 0 Å². The fourth-order valence-electron chi connectivity index (χ4n) is 3.29. The van der Waals surface area contributed by atoms with Crippen molar-refractivity contribution < 1.29 is 4.79 Å². The molecule has 0 saturated carbocycles. The summed E-state index contributed by atoms with van der Waals surface area (Å²) in [5, 5.41) is 3.02. The first-order chi connectivity index (χ1) is 14.1. The summed E-state index contributed by atoms with van der Waals surface area (Å²) in [5.41, 5.74) is 1.65. The Morgan fingerprint density at radius 3 is 2.14 bits per heavy atom. The Balaban J connectivity index is 1.58. The van der Waals surface area contributed by atoms with Gasteiger partial charge in [0.15, 0.2) is 0 Å². The molecule has 0 spiro atoms. The van der Waals surface area contributed by atoms with Crippen LogP contribution in [0.5, 0.6) is 0 Å². The fraction of sp³-hybridized carbons (Fsp3) is 0.261. The Kier molecular flexibility index (Phi) is 6.79. The molecule has 150 valence electrons. The second kappa shape index (κ2) is 9.68. The molecule has 1 aromatic heterocycles. The van der Waals surface area contributed by atoms with Crippen molar-refractivity contribution in [2.24, 2.45) is 0 Å². The van der Waals surface area contributed by atoms with Gasteiger partial charge in [0.05, 0.1) is 5.92 Å². The molecule has 0 aliphatic rings. The number of aryl methyl sites for hydroxylation is 2. The third kappa shape index (κ3) is 5.31. The third-order valence-electron chi connectivity index (χ3n) is 4.84. The number of benzene rings is 2. The van der Waals surface area contributed by atoms with Gasteiger partial charge in [-0.05, 0) is 30.9 Å². The molecule has 0 fully saturated rings. The van der Waals surface area contributed by atoms with Gasteiger partial charge in [-0.1, -0.05) is 60.7 Å². The Bertz CT molecular complexity index is 1020. The lowest BCUT2D eigenvalue weighted by Crippen LogP contribution is -2.32. The summed E-state index contributed by atoms with van der Waals surface area (Å²) in [5.74, 6) is -0.402. The van der Waals surface area contributed by atoms with Crippen molar-refractivity contribution in [1.82, 2.24) is 14.9 Å². The monoisotopic (exact) mass is 391 g/mol. The summed E-state index contributed by atoms with van der Waals surface area (Å²) < 4.78 is 1.50. The maximum atomic E-state index is 12.9. The molecule has 1 heterocycles. The molecular weight excluding hydrogens is 366 g/mol. The normalized spacial score (nSPS) is 10.8. The highest BCUT2D eigenvalue weighted by Gasteiger charge is 2.21. The SMILES string of the molecule is Cc1cn(CCCCNC(=O)C(c2ccccc2)c2ccccc2)c(=O)[nH]c1=O. The van der Waals surface area contributed by atoms with Gasteiger partial charge in [-0.15, -0.1) is 0 Å². The summed E-state index contributed by atoms with van der Waals surface area (Å²) in [7, 11) is 0. The summed E-state index contributed by atoms with van der Waals surface area (Å²) in [6.07, 6.45) is 3.01. The first kappa shape index (κ1) is 20.3. The van der Waals surface area contributed by atoms with Crippen molar-refractivity contribution >= 4 is 5.91 Å². The molecule has 1 amide bonds. The fourth-order valence-corrected chi connectivity index (χ4v) is 3.29. The molecule has 2 N–H and O–H groups in total. The zero-order valence-corrected chi connectivity index (χ0v) is 16.4. The largest absolute Gasteiger partial charge is 0.355 e. The van der Waals surface area contributed by atoms with E-state index in [0.29, 0.717) is 25.1 Å². The number of hydrogen-bond acceptors (Lipinski definition) is 3. The quantitative estimate of drug-likeness (QED) is 0.579. The van der Waals surface area contributed by atoms with E-state index in [1.165, 1.54) is 4.57 Å². The van der Waals surface area contributed by atoms with Gasteiger partial charge in [0.25, 0.3) is 5.56 Å². The number of amides is 1. The second-order valence-corrected chi connectivity index (χ2v) is 7.02. The number of nitrogens with one attached hydrogen (secondary N) is 2. The first-order valence-electron chi connectivity index (χ1n) is 9.74. The number of carbonyl (C=O) groups excluding carboxylic acids is 1. The maximum absolute atomic E-state index is 12.9. The van der Waals surface area contributed by atoms with Gasteiger partial charge in [-0.3, -0.25) is 14.6 Å². The van der Waals surface area contributed by atoms with Crippen LogP contribution in [0.1, 0.15) is 35.4 Å². The standard InChI is InChI=1S/C23H25N3O3/c1-17-16-26(23(29)25-21(17)27)15-9-8-14-24-22(28)20(18-10-4-2-5-11-18)19-12-6-3-7-13-19/h2-7,10-13,16,20H,8-9,14-15H2,1H3,(H,24,28)(H,25,27,29). The van der Waals surface area contributed by atoms with E-state index in [1.807, 2.05) is 60.7 Å². The van der Waals surface area contributed by atoms with Gasteiger partial charge in [0.2, 0.25) is 5.91 Å². The minimum absolute atomic E-state index is 0.0422. The number of carbonyl (C=O) groups is 1. The lowest BCUT2D eigenvalue weighted by Gasteiger charge is -2.18. The smallest absolute Gasteiger partial charge is 0.328 e. The molecule has 0 radical (unpaired) electrons. The van der Waals surface area contributed by atoms with Crippen molar-refractivity contribution in [1.29, 1.82) is 0 Å². The molecule has 0 saturated heterocycles. The van der Waals surface area contributed by atoms with Gasteiger partial charge >= 0.3 is 5.69 Å². The Labute approximate surface area is 169 Å². The van der Waals surface area contributed by atoms with Crippen LogP contribution in [0.2, 0.25) is 0 Å².